The number of carbonyl (C=O) groups is 2. The Morgan fingerprint density at radius 1 is 1.00 bits per heavy atom. The number of alkyl carbamates (subject to hydrolysis) is 1. The highest BCUT2D eigenvalue weighted by atomic mass is 31.2. The largest absolute Gasteiger partial charge is 0.464 e. The molecule has 0 radical (unpaired) electrons. The fourth-order valence-electron chi connectivity index (χ4n) is 1.91. The molecule has 0 unspecified atom stereocenters. The summed E-state index contributed by atoms with van der Waals surface area (Å²) in [5, 5.41) is 2.23. The number of carbonyl (C=O) groups excluding carboxylic acids is 2. The molecular weight excluding hydrogens is 349 g/mol. The van der Waals surface area contributed by atoms with Gasteiger partial charge in [0.2, 0.25) is 5.78 Å². The predicted molar refractivity (Wildman–Crippen MR) is 91.0 cm³/mol. The fourth-order valence-corrected chi connectivity index (χ4v) is 3.60. The zero-order chi connectivity index (χ0) is 18.7. The summed E-state index contributed by atoms with van der Waals surface area (Å²) in [6, 6.07) is 9.00. The Kier molecular flexibility index (Phi) is 9.20. The summed E-state index contributed by atoms with van der Waals surface area (Å²) in [6.45, 7) is 4.91. The van der Waals surface area contributed by atoms with Crippen molar-refractivity contribution in [2.45, 2.75) is 33.2 Å². The second kappa shape index (κ2) is 10.9. The van der Waals surface area contributed by atoms with Crippen molar-refractivity contribution in [1.82, 2.24) is 5.32 Å². The van der Waals surface area contributed by atoms with Gasteiger partial charge >= 0.3 is 19.7 Å². The van der Waals surface area contributed by atoms with E-state index in [-0.39, 0.29) is 26.4 Å². The lowest BCUT2D eigenvalue weighted by Crippen LogP contribution is -2.42. The fraction of sp³-hybridized carbons (Fsp3) is 0.500. The van der Waals surface area contributed by atoms with Crippen molar-refractivity contribution in [1.29, 1.82) is 0 Å². The second-order valence-electron chi connectivity index (χ2n) is 4.74. The normalized spacial score (nSPS) is 12.3. The lowest BCUT2D eigenvalue weighted by atomic mass is 10.2. The van der Waals surface area contributed by atoms with E-state index in [1.165, 1.54) is 0 Å². The van der Waals surface area contributed by atoms with E-state index < -0.39 is 25.4 Å². The van der Waals surface area contributed by atoms with Crippen LogP contribution < -0.4 is 5.32 Å². The second-order valence-corrected chi connectivity index (χ2v) is 6.85. The number of hydrogen-bond acceptors (Lipinski definition) is 7. The predicted octanol–water partition coefficient (Wildman–Crippen LogP) is 3.07. The van der Waals surface area contributed by atoms with Crippen LogP contribution in [0.2, 0.25) is 0 Å². The molecule has 1 aromatic carbocycles. The molecule has 0 bridgehead atoms. The third-order valence-corrected chi connectivity index (χ3v) is 5.12. The van der Waals surface area contributed by atoms with Crippen LogP contribution in [0, 0.1) is 0 Å². The molecule has 1 N–H and O–H groups in total. The molecule has 0 aromatic heterocycles. The number of benzene rings is 1. The monoisotopic (exact) mass is 373 g/mol. The maximum Gasteiger partial charge on any atom is 0.408 e. The van der Waals surface area contributed by atoms with Gasteiger partial charge in [0, 0.05) is 0 Å². The van der Waals surface area contributed by atoms with Crippen LogP contribution >= 0.6 is 7.60 Å². The van der Waals surface area contributed by atoms with E-state index in [0.717, 1.165) is 5.56 Å². The molecule has 0 heterocycles. The van der Waals surface area contributed by atoms with Crippen LogP contribution in [0.4, 0.5) is 4.79 Å². The molecule has 0 saturated carbocycles. The highest BCUT2D eigenvalue weighted by Crippen LogP contribution is 2.52. The van der Waals surface area contributed by atoms with Gasteiger partial charge in [0.15, 0.2) is 0 Å². The van der Waals surface area contributed by atoms with E-state index in [1.54, 1.807) is 45.0 Å². The van der Waals surface area contributed by atoms with Crippen molar-refractivity contribution in [2.24, 2.45) is 0 Å². The summed E-state index contributed by atoms with van der Waals surface area (Å²) in [4.78, 5) is 24.1. The minimum Gasteiger partial charge on any atom is -0.464 e. The third-order valence-electron chi connectivity index (χ3n) is 2.91. The number of ether oxygens (including phenoxy) is 2. The van der Waals surface area contributed by atoms with E-state index >= 15 is 0 Å². The summed E-state index contributed by atoms with van der Waals surface area (Å²) >= 11 is 0. The molecule has 140 valence electrons. The molecule has 0 aliphatic heterocycles. The van der Waals surface area contributed by atoms with Gasteiger partial charge in [0.05, 0.1) is 19.8 Å². The standard InChI is InChI=1S/C16H24NO7P/c1-4-21-15(18)14(25(20,23-5-2)24-6-3)17-16(19)22-12-13-10-8-7-9-11-13/h7-11,14H,4-6,12H2,1-3H3,(H,17,19)/t14-/m1/s1. The first-order valence-corrected chi connectivity index (χ1v) is 9.60. The Labute approximate surface area is 147 Å². The van der Waals surface area contributed by atoms with Crippen molar-refractivity contribution < 1.29 is 32.7 Å². The van der Waals surface area contributed by atoms with E-state index in [4.69, 9.17) is 18.5 Å². The number of esters is 1. The molecule has 0 fully saturated rings. The first-order chi connectivity index (χ1) is 12.0. The third kappa shape index (κ3) is 6.86. The van der Waals surface area contributed by atoms with E-state index in [9.17, 15) is 14.2 Å². The number of rotatable bonds is 10. The Bertz CT molecular complexity index is 583. The Balaban J connectivity index is 2.83. The minimum absolute atomic E-state index is 0.00418. The maximum absolute atomic E-state index is 12.8. The number of amides is 1. The van der Waals surface area contributed by atoms with Gasteiger partial charge in [-0.15, -0.1) is 0 Å². The van der Waals surface area contributed by atoms with Crippen molar-refractivity contribution in [3.63, 3.8) is 0 Å². The molecule has 1 atom stereocenters. The zero-order valence-electron chi connectivity index (χ0n) is 14.6. The van der Waals surface area contributed by atoms with Crippen molar-refractivity contribution in [2.75, 3.05) is 19.8 Å². The van der Waals surface area contributed by atoms with Crippen molar-refractivity contribution in [3.8, 4) is 0 Å². The van der Waals surface area contributed by atoms with Crippen LogP contribution in [0.3, 0.4) is 0 Å². The molecular formula is C16H24NO7P. The summed E-state index contributed by atoms with van der Waals surface area (Å²) in [5.41, 5.74) is 0.767. The SMILES string of the molecule is CCOC(=O)[C@H](NC(=O)OCc1ccccc1)P(=O)(OCC)OCC. The van der Waals surface area contributed by atoms with Crippen LogP contribution in [-0.4, -0.2) is 37.7 Å². The Morgan fingerprint density at radius 3 is 2.12 bits per heavy atom. The van der Waals surface area contributed by atoms with Gasteiger partial charge in [-0.3, -0.25) is 9.88 Å². The number of hydrogen-bond donors (Lipinski definition) is 1. The van der Waals surface area contributed by atoms with Gasteiger partial charge in [-0.25, -0.2) is 9.59 Å². The van der Waals surface area contributed by atoms with Crippen LogP contribution in [0.15, 0.2) is 30.3 Å². The highest BCUT2D eigenvalue weighted by molar-refractivity contribution is 7.55. The first-order valence-electron chi connectivity index (χ1n) is 7.99. The summed E-state index contributed by atoms with van der Waals surface area (Å²) < 4.78 is 33.0. The van der Waals surface area contributed by atoms with Gasteiger partial charge in [0.25, 0.3) is 0 Å². The highest BCUT2D eigenvalue weighted by Gasteiger charge is 2.44. The topological polar surface area (TPSA) is 100 Å². The average Bonchev–Trinajstić information content (AvgIpc) is 2.59. The Morgan fingerprint density at radius 2 is 1.60 bits per heavy atom. The van der Waals surface area contributed by atoms with Gasteiger partial charge in [-0.05, 0) is 26.3 Å². The smallest absolute Gasteiger partial charge is 0.408 e. The van der Waals surface area contributed by atoms with Crippen molar-refractivity contribution in [3.05, 3.63) is 35.9 Å². The van der Waals surface area contributed by atoms with Gasteiger partial charge in [-0.1, -0.05) is 30.3 Å². The summed E-state index contributed by atoms with van der Waals surface area (Å²) in [5.74, 6) is -2.51. The quantitative estimate of drug-likeness (QED) is 0.497. The average molecular weight is 373 g/mol. The van der Waals surface area contributed by atoms with Crippen LogP contribution in [0.1, 0.15) is 26.3 Å². The zero-order valence-corrected chi connectivity index (χ0v) is 15.5. The molecule has 0 spiro atoms. The minimum atomic E-state index is -3.95. The van der Waals surface area contributed by atoms with E-state index in [0.29, 0.717) is 0 Å². The van der Waals surface area contributed by atoms with E-state index in [2.05, 4.69) is 5.32 Å². The first kappa shape index (κ1) is 21.2. The molecule has 0 aliphatic rings. The number of nitrogens with one attached hydrogen (secondary N) is 1. The molecule has 1 aromatic rings. The maximum atomic E-state index is 12.8. The van der Waals surface area contributed by atoms with Gasteiger partial charge in [0.1, 0.15) is 6.61 Å². The molecule has 1 amide bonds. The van der Waals surface area contributed by atoms with E-state index in [1.807, 2.05) is 6.07 Å². The van der Waals surface area contributed by atoms with Crippen LogP contribution in [0.25, 0.3) is 0 Å². The van der Waals surface area contributed by atoms with Gasteiger partial charge < -0.3 is 18.5 Å². The molecule has 0 saturated heterocycles. The van der Waals surface area contributed by atoms with Crippen molar-refractivity contribution >= 4 is 19.7 Å². The molecule has 25 heavy (non-hydrogen) atoms. The van der Waals surface area contributed by atoms with Crippen LogP contribution in [0.5, 0.6) is 0 Å². The lowest BCUT2D eigenvalue weighted by molar-refractivity contribution is -0.143. The van der Waals surface area contributed by atoms with Gasteiger partial charge in [-0.2, -0.15) is 0 Å². The summed E-state index contributed by atoms with van der Waals surface area (Å²) in [7, 11) is -3.95. The summed E-state index contributed by atoms with van der Waals surface area (Å²) in [6.07, 6.45) is -0.929. The van der Waals surface area contributed by atoms with Crippen LogP contribution in [-0.2, 0) is 34.5 Å². The molecule has 8 nitrogen and oxygen atoms in total. The molecule has 1 rings (SSSR count). The molecule has 0 aliphatic carbocycles. The Hall–Kier alpha value is -1.89. The lowest BCUT2D eigenvalue weighted by Gasteiger charge is -2.25. The molecule has 9 heteroatoms.